The maximum absolute atomic E-state index is 13.8. The van der Waals surface area contributed by atoms with Crippen LogP contribution < -0.4 is 39.4 Å². The Morgan fingerprint density at radius 1 is 0.495 bits per heavy atom. The van der Waals surface area contributed by atoms with E-state index < -0.39 is 92.4 Å². The first-order chi connectivity index (χ1) is 44.7. The number of ether oxygens (including phenoxy) is 4. The van der Waals surface area contributed by atoms with Crippen LogP contribution in [0.15, 0.2) is 113 Å². The number of aromatic nitrogens is 6. The minimum Gasteiger partial charge on any atom is -0.406 e. The number of nitrogens with zero attached hydrogens (tertiary/aromatic N) is 10. The third kappa shape index (κ3) is 17.3. The fourth-order valence-electron chi connectivity index (χ4n) is 9.88. The molecule has 506 valence electrons. The molecule has 2 atom stereocenters. The highest BCUT2D eigenvalue weighted by molar-refractivity contribution is 7.89. The molecule has 0 spiro atoms. The lowest BCUT2D eigenvalue weighted by atomic mass is 10.1. The summed E-state index contributed by atoms with van der Waals surface area (Å²) in [5.74, 6) is -1.84. The first-order valence-electron chi connectivity index (χ1n) is 28.2. The summed E-state index contributed by atoms with van der Waals surface area (Å²) in [6.45, 7) is -0.830. The first kappa shape index (κ1) is 68.2. The van der Waals surface area contributed by atoms with Gasteiger partial charge in [-0.1, -0.05) is 58.5 Å². The van der Waals surface area contributed by atoms with Crippen molar-refractivity contribution in [2.24, 2.45) is 0 Å². The van der Waals surface area contributed by atoms with Crippen molar-refractivity contribution < 1.29 is 98.1 Å². The molecular weight excluding hydrogens is 1390 g/mol. The molecule has 0 unspecified atom stereocenters. The van der Waals surface area contributed by atoms with Crippen molar-refractivity contribution in [1.29, 1.82) is 0 Å². The molecule has 4 aromatic carbocycles. The van der Waals surface area contributed by atoms with Crippen molar-refractivity contribution in [3.8, 4) is 23.0 Å². The van der Waals surface area contributed by atoms with Crippen LogP contribution in [0.2, 0.25) is 5.15 Å². The van der Waals surface area contributed by atoms with Gasteiger partial charge in [0.05, 0.1) is 20.7 Å². The summed E-state index contributed by atoms with van der Waals surface area (Å²) in [4.78, 5) is 57.0. The van der Waals surface area contributed by atoms with Crippen LogP contribution >= 0.6 is 34.3 Å². The van der Waals surface area contributed by atoms with Gasteiger partial charge in [-0.15, -0.1) is 52.7 Å². The number of fused-ring (bicyclic) bond motifs is 2. The van der Waals surface area contributed by atoms with E-state index in [-0.39, 0.29) is 73.2 Å². The normalized spacial score (nSPS) is 17.9. The molecule has 2 saturated heterocycles. The lowest BCUT2D eigenvalue weighted by molar-refractivity contribution is -0.275. The van der Waals surface area contributed by atoms with E-state index in [1.807, 2.05) is 0 Å². The largest absolute Gasteiger partial charge is 0.573 e. The summed E-state index contributed by atoms with van der Waals surface area (Å²) in [5, 5.41) is 6.38. The Labute approximate surface area is 542 Å². The second-order valence-corrected chi connectivity index (χ2v) is 27.6. The Bertz CT molecular complexity index is 4340. The van der Waals surface area contributed by atoms with Gasteiger partial charge in [0.2, 0.25) is 31.9 Å². The highest BCUT2D eigenvalue weighted by atomic mass is 35.5. The number of benzene rings is 4. The van der Waals surface area contributed by atoms with Gasteiger partial charge in [0.25, 0.3) is 0 Å². The number of anilines is 2. The molecule has 8 aromatic rings. The lowest BCUT2D eigenvalue weighted by Gasteiger charge is -2.39. The quantitative estimate of drug-likeness (QED) is 0.0598. The Hall–Kier alpha value is -8.17. The van der Waals surface area contributed by atoms with Gasteiger partial charge in [-0.05, 0) is 110 Å². The number of carbonyl (C=O) groups excluding carboxylic acids is 2. The minimum atomic E-state index is -4.98. The van der Waals surface area contributed by atoms with E-state index >= 15 is 0 Å². The fourth-order valence-corrected chi connectivity index (χ4v) is 15.1. The zero-order chi connectivity index (χ0) is 68.0. The maximum atomic E-state index is 13.8. The summed E-state index contributed by atoms with van der Waals surface area (Å²) in [7, 11) is -8.86. The Balaban J connectivity index is 0.000000193. The number of hydrogen-bond donors (Lipinski definition) is 2. The third-order valence-corrected chi connectivity index (χ3v) is 21.0. The number of sulfonamides is 2. The van der Waals surface area contributed by atoms with Crippen molar-refractivity contribution in [2.45, 2.75) is 97.9 Å². The molecule has 2 aliphatic heterocycles. The van der Waals surface area contributed by atoms with Gasteiger partial charge in [0.15, 0.2) is 26.7 Å². The van der Waals surface area contributed by atoms with E-state index in [1.165, 1.54) is 46.9 Å². The molecule has 0 radical (unpaired) electrons. The van der Waals surface area contributed by atoms with Crippen LogP contribution in [0.1, 0.15) is 60.3 Å². The topological polar surface area (TPSA) is 254 Å². The highest BCUT2D eigenvalue weighted by Gasteiger charge is 2.44. The molecule has 2 aliphatic carbocycles. The molecule has 4 aromatic heterocycles. The summed E-state index contributed by atoms with van der Waals surface area (Å²) in [5.41, 5.74) is 1.65. The van der Waals surface area contributed by atoms with Crippen molar-refractivity contribution in [3.05, 3.63) is 131 Å². The van der Waals surface area contributed by atoms with Crippen LogP contribution in [0.4, 0.5) is 62.9 Å². The molecule has 95 heavy (non-hydrogen) atoms. The SMILES string of the molecule is O=C(NCc1ccc(OC(F)(F)F)cc1)[C@H]1CN(c2nc3nc(C4CC4)nc(Cl)c3s2)CCN1S(=O)(=O)c1ccc(OC(F)(F)F)cc1.O=C(NCc1ccc(OC(F)(F)F)cc1)[C@H]1CN(c2nc3nc(C4CC4)ncc3s2)CCN1S(=O)(=O)c1ccc(OC(F)(F)F)cc1. The Kier molecular flexibility index (Phi) is 19.2. The van der Waals surface area contributed by atoms with Gasteiger partial charge in [0.1, 0.15) is 51.4 Å². The predicted octanol–water partition coefficient (Wildman–Crippen LogP) is 10.6. The van der Waals surface area contributed by atoms with E-state index in [0.717, 1.165) is 107 Å². The van der Waals surface area contributed by atoms with Crippen molar-refractivity contribution in [3.63, 3.8) is 0 Å². The van der Waals surface area contributed by atoms with Crippen LogP contribution in [-0.4, -0.2) is 144 Å². The van der Waals surface area contributed by atoms with E-state index in [4.69, 9.17) is 11.6 Å². The number of hydrogen-bond acceptors (Lipinski definition) is 20. The number of piperazine rings is 2. The number of nitrogens with one attached hydrogen (secondary N) is 2. The van der Waals surface area contributed by atoms with E-state index in [2.05, 4.69) is 59.5 Å². The summed E-state index contributed by atoms with van der Waals surface area (Å²) in [6, 6.07) is 14.0. The van der Waals surface area contributed by atoms with Gasteiger partial charge in [0, 0.05) is 64.2 Å². The van der Waals surface area contributed by atoms with Crippen molar-refractivity contribution in [2.75, 3.05) is 49.1 Å². The van der Waals surface area contributed by atoms with Gasteiger partial charge in [-0.2, -0.15) is 18.6 Å². The maximum Gasteiger partial charge on any atom is 0.573 e. The van der Waals surface area contributed by atoms with Crippen LogP contribution in [0.5, 0.6) is 23.0 Å². The number of halogens is 13. The molecule has 12 rings (SSSR count). The van der Waals surface area contributed by atoms with Crippen molar-refractivity contribution >= 4 is 97.1 Å². The van der Waals surface area contributed by atoms with E-state index in [9.17, 15) is 79.1 Å². The van der Waals surface area contributed by atoms with Gasteiger partial charge in [-0.3, -0.25) is 9.59 Å². The van der Waals surface area contributed by atoms with Crippen molar-refractivity contribution in [1.82, 2.24) is 49.1 Å². The molecule has 2 saturated carbocycles. The lowest BCUT2D eigenvalue weighted by Crippen LogP contribution is -2.60. The molecule has 39 heteroatoms. The molecule has 0 bridgehead atoms. The number of carbonyl (C=O) groups is 2. The van der Waals surface area contributed by atoms with E-state index in [0.29, 0.717) is 59.7 Å². The summed E-state index contributed by atoms with van der Waals surface area (Å²) < 4.78 is 224. The summed E-state index contributed by atoms with van der Waals surface area (Å²) >= 11 is 8.87. The second kappa shape index (κ2) is 26.8. The van der Waals surface area contributed by atoms with E-state index in [1.54, 1.807) is 16.0 Å². The number of alkyl halides is 12. The zero-order valence-electron chi connectivity index (χ0n) is 48.2. The standard InChI is InChI=1S/C28H23ClF6N6O5S2.C28H24F6N6O5S2/c29-22-21-24(38-23(37-22)16-3-4-16)39-26(47-21)40-11-12-41(48(43,44)19-9-7-18(8-10-19)46-28(33,34)35)20(14-40)25(42)36-13-15-1-5-17(6-2-15)45-27(30,31)32;29-27(30,31)44-18-5-1-16(2-6-18)13-36-25(41)21-15-39(26-38-24-22(46-26)14-35-23(37-24)17-3-4-17)11-12-40(21)47(42,43)20-9-7-19(8-10-20)45-28(32,33)34/h1-2,5-10,16,20H,3-4,11-14H2,(H,36,42);1-2,5-10,14,17,21H,3-4,11-13,15H2,(H,36,41)/t20-;21-/m11/s1. The smallest absolute Gasteiger partial charge is 0.406 e. The Morgan fingerprint density at radius 3 is 1.26 bits per heavy atom. The fraction of sp³-hybridized carbons (Fsp3) is 0.357. The molecule has 4 aliphatic rings. The first-order valence-corrected chi connectivity index (χ1v) is 33.1. The van der Waals surface area contributed by atoms with Crippen LogP contribution in [0.25, 0.3) is 20.7 Å². The zero-order valence-corrected chi connectivity index (χ0v) is 52.2. The highest BCUT2D eigenvalue weighted by Crippen LogP contribution is 2.43. The molecular formula is C56H47ClF12N12O10S4. The average molecular weight is 1440 g/mol. The molecule has 6 heterocycles. The molecule has 4 fully saturated rings. The Morgan fingerprint density at radius 2 is 0.863 bits per heavy atom. The average Bonchev–Trinajstić information content (AvgIpc) is 1.55. The molecule has 22 nitrogen and oxygen atoms in total. The number of rotatable bonds is 18. The molecule has 2 N–H and O–H groups in total. The van der Waals surface area contributed by atoms with Crippen LogP contribution in [0.3, 0.4) is 0 Å². The van der Waals surface area contributed by atoms with Crippen LogP contribution in [-0.2, 0) is 42.7 Å². The van der Waals surface area contributed by atoms with Gasteiger partial charge >= 0.3 is 25.4 Å². The number of thiazole rings is 2. The monoisotopic (exact) mass is 1440 g/mol. The van der Waals surface area contributed by atoms with Gasteiger partial charge in [-0.25, -0.2) is 36.8 Å². The second-order valence-electron chi connectivity index (χ2n) is 21.5. The third-order valence-electron chi connectivity index (χ3n) is 14.6. The predicted molar refractivity (Wildman–Crippen MR) is 315 cm³/mol. The summed E-state index contributed by atoms with van der Waals surface area (Å²) in [6.07, 6.45) is -14.2. The minimum absolute atomic E-state index is 0.0826. The number of amides is 2. The van der Waals surface area contributed by atoms with Crippen LogP contribution in [0, 0.1) is 0 Å². The molecule has 2 amide bonds. The van der Waals surface area contributed by atoms with Gasteiger partial charge < -0.3 is 39.4 Å².